The number of amides is 1. The van der Waals surface area contributed by atoms with Gasteiger partial charge in [-0.2, -0.15) is 0 Å². The lowest BCUT2D eigenvalue weighted by molar-refractivity contribution is -0.126. The zero-order valence-electron chi connectivity index (χ0n) is 20.2. The zero-order valence-corrected chi connectivity index (χ0v) is 20.2. The quantitative estimate of drug-likeness (QED) is 0.240. The van der Waals surface area contributed by atoms with Crippen LogP contribution in [0.25, 0.3) is 0 Å². The Morgan fingerprint density at radius 3 is 1.90 bits per heavy atom. The Kier molecular flexibility index (Phi) is 22.5. The summed E-state index contributed by atoms with van der Waals surface area (Å²) < 4.78 is 21.8. The van der Waals surface area contributed by atoms with E-state index in [1.54, 1.807) is 0 Å². The Bertz CT molecular complexity index is 368. The van der Waals surface area contributed by atoms with Crippen molar-refractivity contribution >= 4 is 5.91 Å². The lowest BCUT2D eigenvalue weighted by Gasteiger charge is -2.13. The predicted octanol–water partition coefficient (Wildman–Crippen LogP) is 4.60. The van der Waals surface area contributed by atoms with E-state index in [1.807, 2.05) is 0 Å². The van der Waals surface area contributed by atoms with Crippen LogP contribution in [0.1, 0.15) is 79.1 Å². The first-order valence-corrected chi connectivity index (χ1v) is 12.2. The van der Waals surface area contributed by atoms with E-state index in [0.717, 1.165) is 37.8 Å². The number of rotatable bonds is 23. The molecular formula is C24H49NO5. The summed E-state index contributed by atoms with van der Waals surface area (Å²) in [5.41, 5.74) is 0. The molecule has 2 unspecified atom stereocenters. The summed E-state index contributed by atoms with van der Waals surface area (Å²) in [7, 11) is 0. The molecule has 0 saturated carbocycles. The second kappa shape index (κ2) is 23.0. The lowest BCUT2D eigenvalue weighted by atomic mass is 9.95. The normalized spacial score (nSPS) is 13.3. The maximum Gasteiger partial charge on any atom is 0.245 e. The van der Waals surface area contributed by atoms with Crippen molar-refractivity contribution in [1.29, 1.82) is 0 Å². The molecule has 0 aliphatic carbocycles. The fourth-order valence-electron chi connectivity index (χ4n) is 3.19. The van der Waals surface area contributed by atoms with Gasteiger partial charge < -0.3 is 24.3 Å². The molecule has 30 heavy (non-hydrogen) atoms. The molecular weight excluding hydrogens is 382 g/mol. The number of nitrogens with one attached hydrogen (secondary N) is 1. The van der Waals surface area contributed by atoms with Gasteiger partial charge in [-0.05, 0) is 37.5 Å². The van der Waals surface area contributed by atoms with Gasteiger partial charge >= 0.3 is 0 Å². The molecule has 0 aliphatic rings. The van der Waals surface area contributed by atoms with Crippen LogP contribution < -0.4 is 5.32 Å². The van der Waals surface area contributed by atoms with Crippen molar-refractivity contribution in [2.24, 2.45) is 11.8 Å². The van der Waals surface area contributed by atoms with Gasteiger partial charge in [0.05, 0.1) is 39.6 Å². The Hall–Kier alpha value is -0.690. The van der Waals surface area contributed by atoms with Gasteiger partial charge in [0.2, 0.25) is 5.91 Å². The monoisotopic (exact) mass is 431 g/mol. The second-order valence-corrected chi connectivity index (χ2v) is 8.10. The number of ether oxygens (including phenoxy) is 4. The summed E-state index contributed by atoms with van der Waals surface area (Å²) in [6.45, 7) is 13.8. The van der Waals surface area contributed by atoms with E-state index in [2.05, 4.69) is 33.0 Å². The fourth-order valence-corrected chi connectivity index (χ4v) is 3.19. The average Bonchev–Trinajstić information content (AvgIpc) is 2.75. The molecule has 0 rings (SSSR count). The summed E-state index contributed by atoms with van der Waals surface area (Å²) in [5.74, 6) is 1.52. The van der Waals surface area contributed by atoms with Gasteiger partial charge in [0.25, 0.3) is 0 Å². The van der Waals surface area contributed by atoms with Crippen molar-refractivity contribution in [1.82, 2.24) is 5.32 Å². The Labute approximate surface area is 185 Å². The van der Waals surface area contributed by atoms with E-state index in [1.165, 1.54) is 38.5 Å². The Morgan fingerprint density at radius 2 is 1.33 bits per heavy atom. The number of hydrogen-bond acceptors (Lipinski definition) is 5. The van der Waals surface area contributed by atoms with Crippen LogP contribution in [-0.2, 0) is 23.7 Å². The molecule has 0 bridgehead atoms. The van der Waals surface area contributed by atoms with E-state index in [-0.39, 0.29) is 12.5 Å². The van der Waals surface area contributed by atoms with Crippen molar-refractivity contribution < 1.29 is 23.7 Å². The highest BCUT2D eigenvalue weighted by molar-refractivity contribution is 5.77. The minimum Gasteiger partial charge on any atom is -0.379 e. The first-order valence-electron chi connectivity index (χ1n) is 12.2. The maximum absolute atomic E-state index is 11.7. The molecule has 0 saturated heterocycles. The molecule has 6 nitrogen and oxygen atoms in total. The highest BCUT2D eigenvalue weighted by Crippen LogP contribution is 2.16. The van der Waals surface area contributed by atoms with E-state index in [9.17, 15) is 4.79 Å². The summed E-state index contributed by atoms with van der Waals surface area (Å²) >= 11 is 0. The third kappa shape index (κ3) is 20.6. The van der Waals surface area contributed by atoms with Gasteiger partial charge in [-0.15, -0.1) is 0 Å². The van der Waals surface area contributed by atoms with E-state index < -0.39 is 0 Å². The molecule has 1 N–H and O–H groups in total. The summed E-state index contributed by atoms with van der Waals surface area (Å²) in [6, 6.07) is 0. The molecule has 0 aliphatic heterocycles. The van der Waals surface area contributed by atoms with Gasteiger partial charge in [-0.1, -0.05) is 53.4 Å². The third-order valence-electron chi connectivity index (χ3n) is 5.42. The molecule has 1 amide bonds. The predicted molar refractivity (Wildman–Crippen MR) is 123 cm³/mol. The van der Waals surface area contributed by atoms with E-state index >= 15 is 0 Å². The third-order valence-corrected chi connectivity index (χ3v) is 5.42. The summed E-state index contributed by atoms with van der Waals surface area (Å²) in [5, 5.41) is 2.92. The molecule has 0 aromatic carbocycles. The minimum atomic E-state index is -0.0500. The standard InChI is InChI=1S/C24H49NO5/c1-5-10-23(7-3)12-8-13-25-24(26)21-30-20-19-29-18-17-28-16-15-27-14-9-11-22(4)6-2/h22-23H,5-21H2,1-4H3,(H,25,26). The van der Waals surface area contributed by atoms with Crippen molar-refractivity contribution in [3.8, 4) is 0 Å². The van der Waals surface area contributed by atoms with E-state index in [0.29, 0.717) is 39.6 Å². The largest absolute Gasteiger partial charge is 0.379 e. The van der Waals surface area contributed by atoms with Gasteiger partial charge in [-0.25, -0.2) is 0 Å². The minimum absolute atomic E-state index is 0.0500. The van der Waals surface area contributed by atoms with Gasteiger partial charge in [0, 0.05) is 13.2 Å². The molecule has 180 valence electrons. The second-order valence-electron chi connectivity index (χ2n) is 8.10. The Balaban J connectivity index is 3.25. The zero-order chi connectivity index (χ0) is 22.3. The highest BCUT2D eigenvalue weighted by Gasteiger charge is 2.06. The molecule has 0 aromatic rings. The molecule has 2 atom stereocenters. The maximum atomic E-state index is 11.7. The molecule has 0 spiro atoms. The van der Waals surface area contributed by atoms with Gasteiger partial charge in [-0.3, -0.25) is 4.79 Å². The van der Waals surface area contributed by atoms with Crippen molar-refractivity contribution in [3.63, 3.8) is 0 Å². The highest BCUT2D eigenvalue weighted by atomic mass is 16.6. The number of carbonyl (C=O) groups excluding carboxylic acids is 1. The van der Waals surface area contributed by atoms with Crippen LogP contribution in [0.4, 0.5) is 0 Å². The van der Waals surface area contributed by atoms with Crippen LogP contribution >= 0.6 is 0 Å². The van der Waals surface area contributed by atoms with E-state index in [4.69, 9.17) is 18.9 Å². The fraction of sp³-hybridized carbons (Fsp3) is 0.958. The van der Waals surface area contributed by atoms with Crippen LogP contribution in [0, 0.1) is 11.8 Å². The first-order chi connectivity index (χ1) is 14.6. The molecule has 0 heterocycles. The SMILES string of the molecule is CCCC(CC)CCCNC(=O)COCCOCCOCCOCCCC(C)CC. The van der Waals surface area contributed by atoms with Crippen molar-refractivity contribution in [3.05, 3.63) is 0 Å². The average molecular weight is 432 g/mol. The Morgan fingerprint density at radius 1 is 0.733 bits per heavy atom. The van der Waals surface area contributed by atoms with Crippen molar-refractivity contribution in [2.75, 3.05) is 59.4 Å². The molecule has 0 aromatic heterocycles. The lowest BCUT2D eigenvalue weighted by Crippen LogP contribution is -2.29. The topological polar surface area (TPSA) is 66.0 Å². The molecule has 0 fully saturated rings. The van der Waals surface area contributed by atoms with Crippen LogP contribution in [-0.4, -0.2) is 65.3 Å². The summed E-state index contributed by atoms with van der Waals surface area (Å²) in [6.07, 6.45) is 9.55. The first kappa shape index (κ1) is 29.3. The van der Waals surface area contributed by atoms with Gasteiger partial charge in [0.15, 0.2) is 0 Å². The molecule has 6 heteroatoms. The van der Waals surface area contributed by atoms with Crippen LogP contribution in [0.15, 0.2) is 0 Å². The molecule has 0 radical (unpaired) electrons. The van der Waals surface area contributed by atoms with Crippen molar-refractivity contribution in [2.45, 2.75) is 79.1 Å². The van der Waals surface area contributed by atoms with Crippen LogP contribution in [0.3, 0.4) is 0 Å². The smallest absolute Gasteiger partial charge is 0.245 e. The number of carbonyl (C=O) groups is 1. The summed E-state index contributed by atoms with van der Waals surface area (Å²) in [4.78, 5) is 11.7. The number of hydrogen-bond donors (Lipinski definition) is 1. The van der Waals surface area contributed by atoms with Crippen LogP contribution in [0.2, 0.25) is 0 Å². The van der Waals surface area contributed by atoms with Gasteiger partial charge in [0.1, 0.15) is 6.61 Å². The van der Waals surface area contributed by atoms with Crippen LogP contribution in [0.5, 0.6) is 0 Å².